The molecule has 0 aliphatic carbocycles. The predicted octanol–water partition coefficient (Wildman–Crippen LogP) is 0.735. The Morgan fingerprint density at radius 1 is 1.41 bits per heavy atom. The summed E-state index contributed by atoms with van der Waals surface area (Å²) in [6.07, 6.45) is 1.57. The Morgan fingerprint density at radius 3 is 2.59 bits per heavy atom. The lowest BCUT2D eigenvalue weighted by molar-refractivity contribution is -0.131. The molecule has 1 rings (SSSR count). The summed E-state index contributed by atoms with van der Waals surface area (Å²) in [5, 5.41) is 11.0. The number of nitrogens with one attached hydrogen (secondary N) is 1. The summed E-state index contributed by atoms with van der Waals surface area (Å²) in [4.78, 5) is 33.4. The second kappa shape index (κ2) is 5.26. The van der Waals surface area contributed by atoms with Gasteiger partial charge in [-0.1, -0.05) is 0 Å². The first-order valence-corrected chi connectivity index (χ1v) is 5.34. The summed E-state index contributed by atoms with van der Waals surface area (Å²) in [7, 11) is 0. The highest BCUT2D eigenvalue weighted by Crippen LogP contribution is 2.27. The van der Waals surface area contributed by atoms with Gasteiger partial charge in [-0.25, -0.2) is 4.79 Å². The molecule has 0 saturated carbocycles. The van der Waals surface area contributed by atoms with Gasteiger partial charge in [-0.05, 0) is 13.0 Å². The number of carbonyl (C=O) groups excluding carboxylic acids is 2. The molecule has 0 radical (unpaired) electrons. The Morgan fingerprint density at radius 2 is 2.06 bits per heavy atom. The number of carboxylic acid groups (broad SMARTS) is 1. The van der Waals surface area contributed by atoms with Crippen LogP contribution in [0.5, 0.6) is 0 Å². The van der Waals surface area contributed by atoms with Crippen LogP contribution in [0.2, 0.25) is 0 Å². The van der Waals surface area contributed by atoms with E-state index >= 15 is 0 Å². The van der Waals surface area contributed by atoms with Crippen LogP contribution in [0.25, 0.3) is 0 Å². The minimum Gasteiger partial charge on any atom is -0.478 e. The number of primary amides is 1. The van der Waals surface area contributed by atoms with Crippen molar-refractivity contribution in [2.45, 2.75) is 6.92 Å². The van der Waals surface area contributed by atoms with E-state index < -0.39 is 17.8 Å². The monoisotopic (exact) mass is 254 g/mol. The van der Waals surface area contributed by atoms with Crippen molar-refractivity contribution in [3.8, 4) is 0 Å². The van der Waals surface area contributed by atoms with Gasteiger partial charge >= 0.3 is 5.97 Å². The molecule has 1 aromatic heterocycles. The van der Waals surface area contributed by atoms with Gasteiger partial charge in [0.25, 0.3) is 5.91 Å². The SMILES string of the molecule is Cc1cc(C(N)=O)c(NC(=O)/C=C/C(=O)O)s1. The number of hydrogen-bond acceptors (Lipinski definition) is 4. The molecule has 2 amide bonds. The molecule has 17 heavy (non-hydrogen) atoms. The second-order valence-corrected chi connectivity index (χ2v) is 4.38. The molecule has 0 aliphatic heterocycles. The molecule has 0 aliphatic rings. The smallest absolute Gasteiger partial charge is 0.328 e. The van der Waals surface area contributed by atoms with Crippen molar-refractivity contribution in [3.05, 3.63) is 28.7 Å². The Labute approximate surface area is 101 Å². The van der Waals surface area contributed by atoms with Gasteiger partial charge in [0, 0.05) is 17.0 Å². The first-order valence-electron chi connectivity index (χ1n) is 4.52. The van der Waals surface area contributed by atoms with E-state index in [2.05, 4.69) is 5.32 Å². The van der Waals surface area contributed by atoms with Crippen molar-refractivity contribution in [1.29, 1.82) is 0 Å². The molecule has 0 unspecified atom stereocenters. The first-order chi connectivity index (χ1) is 7.90. The van der Waals surface area contributed by atoms with Crippen molar-refractivity contribution < 1.29 is 19.5 Å². The molecule has 1 aromatic rings. The van der Waals surface area contributed by atoms with E-state index in [4.69, 9.17) is 10.8 Å². The van der Waals surface area contributed by atoms with Crippen LogP contribution < -0.4 is 11.1 Å². The number of hydrogen-bond donors (Lipinski definition) is 3. The summed E-state index contributed by atoms with van der Waals surface area (Å²) >= 11 is 1.19. The van der Waals surface area contributed by atoms with E-state index in [-0.39, 0.29) is 5.56 Å². The molecular weight excluding hydrogens is 244 g/mol. The van der Waals surface area contributed by atoms with Crippen molar-refractivity contribution in [3.63, 3.8) is 0 Å². The van der Waals surface area contributed by atoms with Crippen LogP contribution in [0.4, 0.5) is 5.00 Å². The van der Waals surface area contributed by atoms with Gasteiger partial charge in [0.15, 0.2) is 0 Å². The highest BCUT2D eigenvalue weighted by atomic mass is 32.1. The van der Waals surface area contributed by atoms with Crippen molar-refractivity contribution in [2.24, 2.45) is 5.73 Å². The molecule has 4 N–H and O–H groups in total. The number of thiophene rings is 1. The number of aryl methyl sites for hydroxylation is 1. The summed E-state index contributed by atoms with van der Waals surface area (Å²) < 4.78 is 0. The topological polar surface area (TPSA) is 109 Å². The normalized spacial score (nSPS) is 10.4. The Hall–Kier alpha value is -2.15. The number of nitrogens with two attached hydrogens (primary N) is 1. The lowest BCUT2D eigenvalue weighted by Crippen LogP contribution is -2.15. The molecular formula is C10H10N2O4S. The first kappa shape index (κ1) is 12.9. The molecule has 6 nitrogen and oxygen atoms in total. The minimum atomic E-state index is -1.22. The number of carboxylic acids is 1. The average Bonchev–Trinajstić information content (AvgIpc) is 2.56. The molecule has 0 aromatic carbocycles. The van der Waals surface area contributed by atoms with Gasteiger partial charge in [0.2, 0.25) is 5.91 Å². The van der Waals surface area contributed by atoms with Gasteiger partial charge < -0.3 is 16.2 Å². The fourth-order valence-corrected chi connectivity index (χ4v) is 2.01. The Bertz CT molecular complexity index is 504. The summed E-state index contributed by atoms with van der Waals surface area (Å²) in [5.41, 5.74) is 5.34. The van der Waals surface area contributed by atoms with Gasteiger partial charge in [-0.3, -0.25) is 9.59 Å². The van der Waals surface area contributed by atoms with Crippen LogP contribution in [-0.4, -0.2) is 22.9 Å². The van der Waals surface area contributed by atoms with Gasteiger partial charge in [0.1, 0.15) is 5.00 Å². The van der Waals surface area contributed by atoms with E-state index in [0.29, 0.717) is 11.1 Å². The second-order valence-electron chi connectivity index (χ2n) is 3.12. The quantitative estimate of drug-likeness (QED) is 0.688. The van der Waals surface area contributed by atoms with E-state index in [0.717, 1.165) is 11.0 Å². The van der Waals surface area contributed by atoms with Gasteiger partial charge in [-0.15, -0.1) is 11.3 Å². The molecule has 0 saturated heterocycles. The fraction of sp³-hybridized carbons (Fsp3) is 0.100. The molecule has 0 spiro atoms. The standard InChI is InChI=1S/C10H10N2O4S/c1-5-4-6(9(11)16)10(17-5)12-7(13)2-3-8(14)15/h2-4H,1H3,(H2,11,16)(H,12,13)(H,14,15)/b3-2+. The van der Waals surface area contributed by atoms with Crippen LogP contribution in [-0.2, 0) is 9.59 Å². The number of amides is 2. The largest absolute Gasteiger partial charge is 0.478 e. The maximum absolute atomic E-state index is 11.3. The highest BCUT2D eigenvalue weighted by Gasteiger charge is 2.13. The van der Waals surface area contributed by atoms with Crippen LogP contribution in [0.1, 0.15) is 15.2 Å². The molecule has 0 atom stereocenters. The summed E-state index contributed by atoms with van der Waals surface area (Å²) in [6.45, 7) is 1.76. The van der Waals surface area contributed by atoms with E-state index in [9.17, 15) is 14.4 Å². The van der Waals surface area contributed by atoms with Crippen LogP contribution >= 0.6 is 11.3 Å². The minimum absolute atomic E-state index is 0.213. The van der Waals surface area contributed by atoms with Crippen LogP contribution in [0, 0.1) is 6.92 Å². The molecule has 1 heterocycles. The highest BCUT2D eigenvalue weighted by molar-refractivity contribution is 7.16. The maximum atomic E-state index is 11.3. The van der Waals surface area contributed by atoms with Crippen LogP contribution in [0.15, 0.2) is 18.2 Å². The summed E-state index contributed by atoms with van der Waals surface area (Å²) in [6, 6.07) is 1.56. The van der Waals surface area contributed by atoms with E-state index in [1.807, 2.05) is 0 Å². The zero-order valence-corrected chi connectivity index (χ0v) is 9.71. The molecule has 0 fully saturated rings. The van der Waals surface area contributed by atoms with Gasteiger partial charge in [0.05, 0.1) is 5.56 Å². The number of carbonyl (C=O) groups is 3. The number of aliphatic carboxylic acids is 1. The van der Waals surface area contributed by atoms with Crippen LogP contribution in [0.3, 0.4) is 0 Å². The fourth-order valence-electron chi connectivity index (χ4n) is 1.09. The Balaban J connectivity index is 2.84. The number of rotatable bonds is 4. The Kier molecular flexibility index (Phi) is 4.00. The summed E-state index contributed by atoms with van der Waals surface area (Å²) in [5.74, 6) is -2.50. The lowest BCUT2D eigenvalue weighted by atomic mass is 10.3. The molecule has 90 valence electrons. The third-order valence-corrected chi connectivity index (χ3v) is 2.70. The molecule has 7 heteroatoms. The maximum Gasteiger partial charge on any atom is 0.328 e. The molecule has 0 bridgehead atoms. The van der Waals surface area contributed by atoms with Crippen molar-refractivity contribution in [1.82, 2.24) is 0 Å². The van der Waals surface area contributed by atoms with Crippen molar-refractivity contribution >= 4 is 34.1 Å². The zero-order valence-electron chi connectivity index (χ0n) is 8.89. The van der Waals surface area contributed by atoms with Gasteiger partial charge in [-0.2, -0.15) is 0 Å². The average molecular weight is 254 g/mol. The third kappa shape index (κ3) is 3.72. The van der Waals surface area contributed by atoms with E-state index in [1.54, 1.807) is 13.0 Å². The number of anilines is 1. The third-order valence-electron chi connectivity index (χ3n) is 1.73. The lowest BCUT2D eigenvalue weighted by Gasteiger charge is -2.00. The predicted molar refractivity (Wildman–Crippen MR) is 63.0 cm³/mol. The van der Waals surface area contributed by atoms with E-state index in [1.165, 1.54) is 11.3 Å². The zero-order chi connectivity index (χ0) is 13.0. The van der Waals surface area contributed by atoms with Crippen molar-refractivity contribution in [2.75, 3.05) is 5.32 Å².